The van der Waals surface area contributed by atoms with Gasteiger partial charge in [-0.25, -0.2) is 0 Å². The van der Waals surface area contributed by atoms with E-state index in [1.54, 1.807) is 0 Å². The number of rotatable bonds is 4. The van der Waals surface area contributed by atoms with Crippen LogP contribution >= 0.6 is 0 Å². The van der Waals surface area contributed by atoms with Gasteiger partial charge in [0.15, 0.2) is 0 Å². The maximum atomic E-state index is 12.1. The number of aryl methyl sites for hydroxylation is 1. The Hall–Kier alpha value is -1.35. The van der Waals surface area contributed by atoms with Crippen LogP contribution in [0.1, 0.15) is 36.9 Å². The van der Waals surface area contributed by atoms with Gasteiger partial charge in [-0.15, -0.1) is 0 Å². The highest BCUT2D eigenvalue weighted by Gasteiger charge is 2.29. The van der Waals surface area contributed by atoms with Crippen molar-refractivity contribution < 1.29 is 9.53 Å². The Kier molecular flexibility index (Phi) is 4.37. The summed E-state index contributed by atoms with van der Waals surface area (Å²) < 4.78 is 5.22. The monoisotopic (exact) mass is 247 g/mol. The molecule has 0 N–H and O–H groups in total. The average Bonchev–Trinajstić information content (AvgIpc) is 2.86. The van der Waals surface area contributed by atoms with Crippen LogP contribution in [0.15, 0.2) is 24.3 Å². The van der Waals surface area contributed by atoms with Crippen LogP contribution in [0.25, 0.3) is 0 Å². The quantitative estimate of drug-likeness (QED) is 0.818. The van der Waals surface area contributed by atoms with Crippen molar-refractivity contribution in [3.63, 3.8) is 0 Å². The highest BCUT2D eigenvalue weighted by Crippen LogP contribution is 2.31. The van der Waals surface area contributed by atoms with Gasteiger partial charge in [0, 0.05) is 13.2 Å². The Bertz CT molecular complexity index is 399. The summed E-state index contributed by atoms with van der Waals surface area (Å²) in [6, 6.07) is 8.72. The Morgan fingerprint density at radius 1 is 1.39 bits per heavy atom. The molecule has 0 saturated carbocycles. The van der Waals surface area contributed by atoms with Gasteiger partial charge in [0.1, 0.15) is 6.61 Å². The van der Waals surface area contributed by atoms with Crippen LogP contribution < -0.4 is 0 Å². The standard InChI is InChI=1S/C15H21NO2/c1-3-18-11-15(17)16-10-4-5-14(16)13-8-6-12(2)7-9-13/h6-9,14H,3-5,10-11H2,1-2H3. The van der Waals surface area contributed by atoms with Crippen LogP contribution in [-0.2, 0) is 9.53 Å². The summed E-state index contributed by atoms with van der Waals surface area (Å²) in [7, 11) is 0. The first-order chi connectivity index (χ1) is 8.72. The van der Waals surface area contributed by atoms with Crippen LogP contribution in [0.5, 0.6) is 0 Å². The highest BCUT2D eigenvalue weighted by atomic mass is 16.5. The lowest BCUT2D eigenvalue weighted by Crippen LogP contribution is -2.33. The van der Waals surface area contributed by atoms with Crippen LogP contribution in [0.4, 0.5) is 0 Å². The van der Waals surface area contributed by atoms with Crippen LogP contribution in [-0.4, -0.2) is 30.6 Å². The van der Waals surface area contributed by atoms with Crippen LogP contribution in [0.3, 0.4) is 0 Å². The molecule has 1 fully saturated rings. The molecule has 1 heterocycles. The largest absolute Gasteiger partial charge is 0.372 e. The van der Waals surface area contributed by atoms with Gasteiger partial charge < -0.3 is 9.64 Å². The first-order valence-electron chi connectivity index (χ1n) is 6.66. The second-order valence-electron chi connectivity index (χ2n) is 4.79. The minimum Gasteiger partial charge on any atom is -0.372 e. The maximum Gasteiger partial charge on any atom is 0.249 e. The van der Waals surface area contributed by atoms with Gasteiger partial charge >= 0.3 is 0 Å². The maximum absolute atomic E-state index is 12.1. The van der Waals surface area contributed by atoms with Crippen molar-refractivity contribution in [2.45, 2.75) is 32.7 Å². The van der Waals surface area contributed by atoms with E-state index in [9.17, 15) is 4.79 Å². The fourth-order valence-corrected chi connectivity index (χ4v) is 2.47. The molecule has 0 radical (unpaired) electrons. The molecule has 18 heavy (non-hydrogen) atoms. The Morgan fingerprint density at radius 3 is 2.78 bits per heavy atom. The van der Waals surface area contributed by atoms with Crippen molar-refractivity contribution >= 4 is 5.91 Å². The van der Waals surface area contributed by atoms with E-state index in [4.69, 9.17) is 4.74 Å². The molecule has 1 amide bonds. The lowest BCUT2D eigenvalue weighted by Gasteiger charge is -2.25. The van der Waals surface area contributed by atoms with Crippen LogP contribution in [0, 0.1) is 6.92 Å². The zero-order chi connectivity index (χ0) is 13.0. The molecule has 1 aliphatic heterocycles. The van der Waals surface area contributed by atoms with E-state index in [0.29, 0.717) is 6.61 Å². The number of amides is 1. The fourth-order valence-electron chi connectivity index (χ4n) is 2.47. The van der Waals surface area contributed by atoms with Crippen molar-refractivity contribution in [1.82, 2.24) is 4.90 Å². The smallest absolute Gasteiger partial charge is 0.249 e. The molecule has 0 aromatic heterocycles. The number of likely N-dealkylation sites (tertiary alicyclic amines) is 1. The highest BCUT2D eigenvalue weighted by molar-refractivity contribution is 5.78. The molecule has 1 saturated heterocycles. The lowest BCUT2D eigenvalue weighted by molar-refractivity contribution is -0.136. The zero-order valence-electron chi connectivity index (χ0n) is 11.2. The van der Waals surface area contributed by atoms with E-state index < -0.39 is 0 Å². The average molecular weight is 247 g/mol. The van der Waals surface area contributed by atoms with Gasteiger partial charge in [-0.1, -0.05) is 29.8 Å². The summed E-state index contributed by atoms with van der Waals surface area (Å²) in [4.78, 5) is 14.0. The Morgan fingerprint density at radius 2 is 2.11 bits per heavy atom. The third-order valence-corrected chi connectivity index (χ3v) is 3.46. The van der Waals surface area contributed by atoms with Crippen molar-refractivity contribution in [1.29, 1.82) is 0 Å². The molecule has 3 heteroatoms. The summed E-state index contributed by atoms with van der Waals surface area (Å²) in [6.45, 7) is 5.64. The van der Waals surface area contributed by atoms with Crippen molar-refractivity contribution in [2.24, 2.45) is 0 Å². The van der Waals surface area contributed by atoms with E-state index in [-0.39, 0.29) is 18.6 Å². The molecular weight excluding hydrogens is 226 g/mol. The van der Waals surface area contributed by atoms with E-state index in [1.807, 2.05) is 11.8 Å². The first-order valence-corrected chi connectivity index (χ1v) is 6.66. The van der Waals surface area contributed by atoms with Crippen LogP contribution in [0.2, 0.25) is 0 Å². The third-order valence-electron chi connectivity index (χ3n) is 3.46. The number of carbonyl (C=O) groups excluding carboxylic acids is 1. The second kappa shape index (κ2) is 6.01. The predicted octanol–water partition coefficient (Wildman–Crippen LogP) is 2.70. The Balaban J connectivity index is 2.07. The number of ether oxygens (including phenoxy) is 1. The van der Waals surface area contributed by atoms with Gasteiger partial charge in [0.25, 0.3) is 0 Å². The van der Waals surface area contributed by atoms with Crippen molar-refractivity contribution in [2.75, 3.05) is 19.8 Å². The number of hydrogen-bond acceptors (Lipinski definition) is 2. The molecule has 1 atom stereocenters. The molecule has 3 nitrogen and oxygen atoms in total. The van der Waals surface area contributed by atoms with Crippen molar-refractivity contribution in [3.05, 3.63) is 35.4 Å². The first kappa shape index (κ1) is 13.1. The molecule has 0 aliphatic carbocycles. The third kappa shape index (κ3) is 2.91. The normalized spacial score (nSPS) is 19.2. The van der Waals surface area contributed by atoms with Gasteiger partial charge in [0.2, 0.25) is 5.91 Å². The molecule has 0 spiro atoms. The summed E-state index contributed by atoms with van der Waals surface area (Å²) in [6.07, 6.45) is 2.14. The van der Waals surface area contributed by atoms with Gasteiger partial charge in [0.05, 0.1) is 6.04 Å². The second-order valence-corrected chi connectivity index (χ2v) is 4.79. The summed E-state index contributed by atoms with van der Waals surface area (Å²) in [5.74, 6) is 0.111. The van der Waals surface area contributed by atoms with E-state index in [0.717, 1.165) is 19.4 Å². The SMILES string of the molecule is CCOCC(=O)N1CCCC1c1ccc(C)cc1. The number of nitrogens with zero attached hydrogens (tertiary/aromatic N) is 1. The fraction of sp³-hybridized carbons (Fsp3) is 0.533. The molecule has 0 bridgehead atoms. The van der Waals surface area contributed by atoms with Gasteiger partial charge in [-0.2, -0.15) is 0 Å². The van der Waals surface area contributed by atoms with E-state index in [1.165, 1.54) is 11.1 Å². The molecule has 1 unspecified atom stereocenters. The van der Waals surface area contributed by atoms with E-state index in [2.05, 4.69) is 31.2 Å². The molecule has 1 aromatic carbocycles. The summed E-state index contributed by atoms with van der Waals surface area (Å²) in [5, 5.41) is 0. The number of carbonyl (C=O) groups is 1. The summed E-state index contributed by atoms with van der Waals surface area (Å²) >= 11 is 0. The Labute approximate surface area is 109 Å². The predicted molar refractivity (Wildman–Crippen MR) is 71.4 cm³/mol. The van der Waals surface area contributed by atoms with Gasteiger partial charge in [-0.3, -0.25) is 4.79 Å². The minimum atomic E-state index is 0.111. The number of benzene rings is 1. The number of hydrogen-bond donors (Lipinski definition) is 0. The van der Waals surface area contributed by atoms with E-state index >= 15 is 0 Å². The molecule has 1 aromatic rings. The lowest BCUT2D eigenvalue weighted by atomic mass is 10.0. The summed E-state index contributed by atoms with van der Waals surface area (Å²) in [5.41, 5.74) is 2.49. The molecule has 2 rings (SSSR count). The van der Waals surface area contributed by atoms with Crippen molar-refractivity contribution in [3.8, 4) is 0 Å². The topological polar surface area (TPSA) is 29.5 Å². The molecule has 1 aliphatic rings. The zero-order valence-corrected chi connectivity index (χ0v) is 11.2. The molecular formula is C15H21NO2. The minimum absolute atomic E-state index is 0.111. The molecule has 98 valence electrons. The van der Waals surface area contributed by atoms with Gasteiger partial charge in [-0.05, 0) is 32.3 Å².